The summed E-state index contributed by atoms with van der Waals surface area (Å²) in [5, 5.41) is 4.09. The van der Waals surface area contributed by atoms with Crippen LogP contribution >= 0.6 is 0 Å². The third-order valence-corrected chi connectivity index (χ3v) is 7.08. The molecule has 3 aliphatic heterocycles. The van der Waals surface area contributed by atoms with Gasteiger partial charge in [-0.25, -0.2) is 0 Å². The number of likely N-dealkylation sites (tertiary alicyclic amines) is 1. The molecular formula is C25H36N4O3. The van der Waals surface area contributed by atoms with Crippen LogP contribution in [-0.4, -0.2) is 72.7 Å². The molecule has 1 aromatic carbocycles. The Bertz CT molecular complexity index is 810. The largest absolute Gasteiger partial charge is 0.382 e. The Labute approximate surface area is 191 Å². The second-order valence-corrected chi connectivity index (χ2v) is 9.55. The van der Waals surface area contributed by atoms with Gasteiger partial charge in [0.25, 0.3) is 5.91 Å². The highest BCUT2D eigenvalue weighted by atomic mass is 16.6. The Hall–Kier alpha value is -2.57. The molecule has 0 aliphatic carbocycles. The molecule has 0 N–H and O–H groups in total. The predicted molar refractivity (Wildman–Crippen MR) is 126 cm³/mol. The predicted octanol–water partition coefficient (Wildman–Crippen LogP) is 3.15. The van der Waals surface area contributed by atoms with E-state index in [1.165, 1.54) is 5.69 Å². The Morgan fingerprint density at radius 2 is 1.69 bits per heavy atom. The first-order valence-electron chi connectivity index (χ1n) is 12.1. The van der Waals surface area contributed by atoms with Gasteiger partial charge in [0.1, 0.15) is 0 Å². The summed E-state index contributed by atoms with van der Waals surface area (Å²) in [4.78, 5) is 37.1. The van der Waals surface area contributed by atoms with Gasteiger partial charge in [-0.2, -0.15) is 0 Å². The molecule has 7 nitrogen and oxygen atoms in total. The minimum Gasteiger partial charge on any atom is -0.382 e. The second kappa shape index (κ2) is 10.4. The van der Waals surface area contributed by atoms with Crippen molar-refractivity contribution in [3.8, 4) is 0 Å². The van der Waals surface area contributed by atoms with Crippen molar-refractivity contribution in [2.24, 2.45) is 17.0 Å². The van der Waals surface area contributed by atoms with E-state index in [2.05, 4.69) is 48.2 Å². The van der Waals surface area contributed by atoms with Crippen LogP contribution in [0.4, 0.5) is 5.69 Å². The standard InChI is InChI=1S/C25H36N4O3/c1-19(2)22-18-23(32-26-22)25(31)29-12-10-20(11-13-29)8-9-24(30)28-16-14-27(15-17-28)21-6-4-3-5-7-21/h3-7,19-20,23H,8-18H2,1-2H3/t23-/m1/s1. The van der Waals surface area contributed by atoms with Gasteiger partial charge in [0.15, 0.2) is 0 Å². The molecule has 0 radical (unpaired) electrons. The lowest BCUT2D eigenvalue weighted by molar-refractivity contribution is -0.143. The average Bonchev–Trinajstić information content (AvgIpc) is 3.34. The van der Waals surface area contributed by atoms with Crippen LogP contribution in [0.1, 0.15) is 46.0 Å². The molecule has 1 atom stereocenters. The van der Waals surface area contributed by atoms with Crippen LogP contribution in [0.25, 0.3) is 0 Å². The number of benzene rings is 1. The summed E-state index contributed by atoms with van der Waals surface area (Å²) in [6.45, 7) is 9.03. The Morgan fingerprint density at radius 3 is 2.31 bits per heavy atom. The summed E-state index contributed by atoms with van der Waals surface area (Å²) in [5.41, 5.74) is 2.21. The molecule has 0 aromatic heterocycles. The molecule has 2 amide bonds. The highest BCUT2D eigenvalue weighted by Crippen LogP contribution is 2.25. The van der Waals surface area contributed by atoms with E-state index in [4.69, 9.17) is 4.84 Å². The summed E-state index contributed by atoms with van der Waals surface area (Å²) in [6, 6.07) is 10.4. The van der Waals surface area contributed by atoms with Crippen LogP contribution in [0, 0.1) is 11.8 Å². The van der Waals surface area contributed by atoms with E-state index in [0.717, 1.165) is 64.2 Å². The average molecular weight is 441 g/mol. The monoisotopic (exact) mass is 440 g/mol. The van der Waals surface area contributed by atoms with Crippen LogP contribution in [0.15, 0.2) is 35.5 Å². The lowest BCUT2D eigenvalue weighted by atomic mass is 9.91. The SMILES string of the molecule is CC(C)C1=NO[C@@H](C(=O)N2CCC(CCC(=O)N3CCN(c4ccccc4)CC3)CC2)C1. The van der Waals surface area contributed by atoms with Gasteiger partial charge in [0.2, 0.25) is 12.0 Å². The van der Waals surface area contributed by atoms with Gasteiger partial charge < -0.3 is 19.5 Å². The highest BCUT2D eigenvalue weighted by molar-refractivity contribution is 5.93. The van der Waals surface area contributed by atoms with Crippen molar-refractivity contribution in [2.75, 3.05) is 44.2 Å². The number of piperazine rings is 1. The fraction of sp³-hybridized carbons (Fsp3) is 0.640. The lowest BCUT2D eigenvalue weighted by Gasteiger charge is -2.37. The first-order valence-corrected chi connectivity index (χ1v) is 12.1. The third-order valence-electron chi connectivity index (χ3n) is 7.08. The summed E-state index contributed by atoms with van der Waals surface area (Å²) in [7, 11) is 0. The molecule has 7 heteroatoms. The minimum atomic E-state index is -0.444. The molecule has 0 bridgehead atoms. The number of hydrogen-bond donors (Lipinski definition) is 0. The smallest absolute Gasteiger partial charge is 0.266 e. The molecule has 3 heterocycles. The third kappa shape index (κ3) is 5.43. The van der Waals surface area contributed by atoms with Crippen molar-refractivity contribution in [3.05, 3.63) is 30.3 Å². The van der Waals surface area contributed by atoms with Crippen LogP contribution in [-0.2, 0) is 14.4 Å². The van der Waals surface area contributed by atoms with Crippen LogP contribution < -0.4 is 4.90 Å². The minimum absolute atomic E-state index is 0.0650. The van der Waals surface area contributed by atoms with E-state index in [9.17, 15) is 9.59 Å². The number of carbonyl (C=O) groups is 2. The number of anilines is 1. The van der Waals surface area contributed by atoms with E-state index in [1.54, 1.807) is 0 Å². The number of rotatable bonds is 6. The molecule has 2 saturated heterocycles. The number of piperidine rings is 1. The van der Waals surface area contributed by atoms with Crippen molar-refractivity contribution < 1.29 is 14.4 Å². The van der Waals surface area contributed by atoms with Crippen molar-refractivity contribution in [2.45, 2.75) is 52.1 Å². The maximum absolute atomic E-state index is 12.7. The van der Waals surface area contributed by atoms with Crippen LogP contribution in [0.2, 0.25) is 0 Å². The van der Waals surface area contributed by atoms with Gasteiger partial charge in [-0.15, -0.1) is 0 Å². The molecule has 3 aliphatic rings. The Kier molecular flexibility index (Phi) is 7.33. The van der Waals surface area contributed by atoms with Gasteiger partial charge >= 0.3 is 0 Å². The van der Waals surface area contributed by atoms with Crippen molar-refractivity contribution >= 4 is 23.2 Å². The summed E-state index contributed by atoms with van der Waals surface area (Å²) in [6.07, 6.45) is 3.63. The molecular weight excluding hydrogens is 404 g/mol. The normalized spacial score (nSPS) is 22.2. The zero-order valence-corrected chi connectivity index (χ0v) is 19.4. The second-order valence-electron chi connectivity index (χ2n) is 9.55. The molecule has 0 unspecified atom stereocenters. The van der Waals surface area contributed by atoms with Gasteiger partial charge in [0.05, 0.1) is 5.71 Å². The quantitative estimate of drug-likeness (QED) is 0.682. The van der Waals surface area contributed by atoms with E-state index >= 15 is 0 Å². The molecule has 2 fully saturated rings. The topological polar surface area (TPSA) is 65.5 Å². The Morgan fingerprint density at radius 1 is 1.00 bits per heavy atom. The molecule has 174 valence electrons. The molecule has 4 rings (SSSR count). The first-order chi connectivity index (χ1) is 15.5. The molecule has 0 spiro atoms. The first kappa shape index (κ1) is 22.6. The molecule has 32 heavy (non-hydrogen) atoms. The van der Waals surface area contributed by atoms with Crippen LogP contribution in [0.5, 0.6) is 0 Å². The van der Waals surface area contributed by atoms with E-state index in [0.29, 0.717) is 24.7 Å². The summed E-state index contributed by atoms with van der Waals surface area (Å²) >= 11 is 0. The van der Waals surface area contributed by atoms with Crippen molar-refractivity contribution in [1.29, 1.82) is 0 Å². The molecule has 1 aromatic rings. The van der Waals surface area contributed by atoms with E-state index in [1.807, 2.05) is 15.9 Å². The fourth-order valence-electron chi connectivity index (χ4n) is 4.85. The number of hydrogen-bond acceptors (Lipinski definition) is 5. The van der Waals surface area contributed by atoms with E-state index < -0.39 is 6.10 Å². The number of para-hydroxylation sites is 1. The zero-order chi connectivity index (χ0) is 22.5. The van der Waals surface area contributed by atoms with Crippen molar-refractivity contribution in [1.82, 2.24) is 9.80 Å². The number of carbonyl (C=O) groups excluding carboxylic acids is 2. The number of oxime groups is 1. The lowest BCUT2D eigenvalue weighted by Crippen LogP contribution is -2.49. The summed E-state index contributed by atoms with van der Waals surface area (Å²) < 4.78 is 0. The van der Waals surface area contributed by atoms with Crippen molar-refractivity contribution in [3.63, 3.8) is 0 Å². The van der Waals surface area contributed by atoms with E-state index in [-0.39, 0.29) is 11.8 Å². The maximum Gasteiger partial charge on any atom is 0.266 e. The molecule has 0 saturated carbocycles. The highest BCUT2D eigenvalue weighted by Gasteiger charge is 2.34. The Balaban J connectivity index is 1.14. The number of amides is 2. The van der Waals surface area contributed by atoms with Gasteiger partial charge in [-0.3, -0.25) is 9.59 Å². The zero-order valence-electron chi connectivity index (χ0n) is 19.4. The van der Waals surface area contributed by atoms with Gasteiger partial charge in [-0.1, -0.05) is 37.2 Å². The van der Waals surface area contributed by atoms with Gasteiger partial charge in [-0.05, 0) is 43.2 Å². The summed E-state index contributed by atoms with van der Waals surface area (Å²) in [5.74, 6) is 1.17. The van der Waals surface area contributed by atoms with Crippen LogP contribution in [0.3, 0.4) is 0 Å². The van der Waals surface area contributed by atoms with Gasteiger partial charge in [0, 0.05) is 57.8 Å². The number of nitrogens with zero attached hydrogens (tertiary/aromatic N) is 4. The fourth-order valence-corrected chi connectivity index (χ4v) is 4.85. The maximum atomic E-state index is 12.7.